The molecule has 1 N–H and O–H groups in total. The molecule has 1 atom stereocenters. The van der Waals surface area contributed by atoms with E-state index in [4.69, 9.17) is 10.00 Å². The van der Waals surface area contributed by atoms with E-state index in [0.29, 0.717) is 0 Å². The van der Waals surface area contributed by atoms with Gasteiger partial charge >= 0.3 is 0 Å². The van der Waals surface area contributed by atoms with Crippen molar-refractivity contribution >= 4 is 0 Å². The standard InChI is InChI=1S/C9H14N2O/c10-5-8-6-11-7-9(8)1-3-12-4-2-9/h8,11H,1-4,6-7H2. The van der Waals surface area contributed by atoms with Crippen molar-refractivity contribution < 1.29 is 4.74 Å². The van der Waals surface area contributed by atoms with Crippen molar-refractivity contribution in [3.63, 3.8) is 0 Å². The van der Waals surface area contributed by atoms with E-state index in [-0.39, 0.29) is 11.3 Å². The SMILES string of the molecule is N#CC1CNCC12CCOCC2. The van der Waals surface area contributed by atoms with Gasteiger partial charge in [-0.15, -0.1) is 0 Å². The van der Waals surface area contributed by atoms with Crippen LogP contribution in [0, 0.1) is 22.7 Å². The molecule has 2 rings (SSSR count). The monoisotopic (exact) mass is 166 g/mol. The summed E-state index contributed by atoms with van der Waals surface area (Å²) in [6.07, 6.45) is 2.11. The third kappa shape index (κ3) is 1.12. The van der Waals surface area contributed by atoms with Crippen LogP contribution in [0.3, 0.4) is 0 Å². The molecule has 0 saturated carbocycles. The molecule has 2 aliphatic heterocycles. The number of nitrogens with one attached hydrogen (secondary N) is 1. The molecule has 0 bridgehead atoms. The van der Waals surface area contributed by atoms with Gasteiger partial charge in [-0.3, -0.25) is 0 Å². The highest BCUT2D eigenvalue weighted by atomic mass is 16.5. The Bertz CT molecular complexity index is 203. The second kappa shape index (κ2) is 3.04. The molecular formula is C9H14N2O. The number of hydrogen-bond donors (Lipinski definition) is 1. The summed E-state index contributed by atoms with van der Waals surface area (Å²) in [6, 6.07) is 2.41. The fourth-order valence-corrected chi connectivity index (χ4v) is 2.29. The molecule has 12 heavy (non-hydrogen) atoms. The summed E-state index contributed by atoms with van der Waals surface area (Å²) < 4.78 is 5.31. The lowest BCUT2D eigenvalue weighted by molar-refractivity contribution is 0.0126. The van der Waals surface area contributed by atoms with Gasteiger partial charge in [0.05, 0.1) is 12.0 Å². The van der Waals surface area contributed by atoms with Crippen LogP contribution in [-0.2, 0) is 4.74 Å². The Balaban J connectivity index is 2.12. The van der Waals surface area contributed by atoms with Crippen molar-refractivity contribution in [1.29, 1.82) is 5.26 Å². The summed E-state index contributed by atoms with van der Waals surface area (Å²) in [6.45, 7) is 3.55. The van der Waals surface area contributed by atoms with Gasteiger partial charge in [-0.1, -0.05) is 0 Å². The number of ether oxygens (including phenoxy) is 1. The second-order valence-corrected chi connectivity index (χ2v) is 3.79. The predicted molar refractivity (Wildman–Crippen MR) is 44.5 cm³/mol. The van der Waals surface area contributed by atoms with Crippen LogP contribution >= 0.6 is 0 Å². The highest BCUT2D eigenvalue weighted by Crippen LogP contribution is 2.40. The molecule has 2 aliphatic rings. The minimum atomic E-state index is 0.210. The third-order valence-corrected chi connectivity index (χ3v) is 3.21. The largest absolute Gasteiger partial charge is 0.381 e. The lowest BCUT2D eigenvalue weighted by Gasteiger charge is -2.34. The van der Waals surface area contributed by atoms with Gasteiger partial charge in [-0.25, -0.2) is 0 Å². The Hall–Kier alpha value is -0.590. The van der Waals surface area contributed by atoms with Crippen molar-refractivity contribution in [3.05, 3.63) is 0 Å². The van der Waals surface area contributed by atoms with E-state index in [1.54, 1.807) is 0 Å². The van der Waals surface area contributed by atoms with Crippen molar-refractivity contribution in [1.82, 2.24) is 5.32 Å². The van der Waals surface area contributed by atoms with Gasteiger partial charge in [-0.05, 0) is 12.8 Å². The highest BCUT2D eigenvalue weighted by molar-refractivity contribution is 5.05. The number of nitriles is 1. The molecule has 3 nitrogen and oxygen atoms in total. The maximum Gasteiger partial charge on any atom is 0.0675 e. The summed E-state index contributed by atoms with van der Waals surface area (Å²) in [5.74, 6) is 0.210. The molecule has 0 aromatic rings. The van der Waals surface area contributed by atoms with E-state index in [0.717, 1.165) is 39.1 Å². The topological polar surface area (TPSA) is 45.0 Å². The molecule has 66 valence electrons. The van der Waals surface area contributed by atoms with Crippen LogP contribution in [0.15, 0.2) is 0 Å². The zero-order valence-electron chi connectivity index (χ0n) is 7.18. The maximum atomic E-state index is 8.95. The van der Waals surface area contributed by atoms with Gasteiger partial charge in [0.2, 0.25) is 0 Å². The highest BCUT2D eigenvalue weighted by Gasteiger charge is 2.43. The molecule has 0 radical (unpaired) electrons. The van der Waals surface area contributed by atoms with E-state index in [2.05, 4.69) is 11.4 Å². The molecule has 2 saturated heterocycles. The Morgan fingerprint density at radius 2 is 2.17 bits per heavy atom. The van der Waals surface area contributed by atoms with Crippen molar-refractivity contribution in [3.8, 4) is 6.07 Å². The number of rotatable bonds is 0. The Labute approximate surface area is 72.7 Å². The molecule has 2 heterocycles. The van der Waals surface area contributed by atoms with E-state index in [9.17, 15) is 0 Å². The van der Waals surface area contributed by atoms with Crippen LogP contribution in [0.4, 0.5) is 0 Å². The van der Waals surface area contributed by atoms with E-state index in [1.807, 2.05) is 0 Å². The summed E-state index contributed by atoms with van der Waals surface area (Å²) in [5, 5.41) is 12.3. The first-order valence-electron chi connectivity index (χ1n) is 4.55. The zero-order chi connectivity index (χ0) is 8.44. The lowest BCUT2D eigenvalue weighted by atomic mass is 9.73. The van der Waals surface area contributed by atoms with Gasteiger partial charge in [-0.2, -0.15) is 5.26 Å². The minimum absolute atomic E-state index is 0.210. The van der Waals surface area contributed by atoms with Crippen molar-refractivity contribution in [2.24, 2.45) is 11.3 Å². The van der Waals surface area contributed by atoms with Crippen molar-refractivity contribution in [2.45, 2.75) is 12.8 Å². The first-order valence-corrected chi connectivity index (χ1v) is 4.55. The molecule has 0 aliphatic carbocycles. The van der Waals surface area contributed by atoms with E-state index in [1.165, 1.54) is 0 Å². The third-order valence-electron chi connectivity index (χ3n) is 3.21. The van der Waals surface area contributed by atoms with Gasteiger partial charge in [0, 0.05) is 31.7 Å². The summed E-state index contributed by atoms with van der Waals surface area (Å²) >= 11 is 0. The van der Waals surface area contributed by atoms with Gasteiger partial charge in [0.1, 0.15) is 0 Å². The van der Waals surface area contributed by atoms with Gasteiger partial charge in [0.15, 0.2) is 0 Å². The fraction of sp³-hybridized carbons (Fsp3) is 0.889. The number of hydrogen-bond acceptors (Lipinski definition) is 3. The average molecular weight is 166 g/mol. The molecule has 3 heteroatoms. The van der Waals surface area contributed by atoms with Crippen LogP contribution in [0.5, 0.6) is 0 Å². The van der Waals surface area contributed by atoms with Gasteiger partial charge in [0.25, 0.3) is 0 Å². The Morgan fingerprint density at radius 3 is 2.83 bits per heavy atom. The molecule has 1 unspecified atom stereocenters. The average Bonchev–Trinajstić information content (AvgIpc) is 2.49. The molecule has 0 aromatic heterocycles. The van der Waals surface area contributed by atoms with Crippen LogP contribution in [0.1, 0.15) is 12.8 Å². The summed E-state index contributed by atoms with van der Waals surface area (Å²) in [7, 11) is 0. The van der Waals surface area contributed by atoms with Crippen LogP contribution in [0.25, 0.3) is 0 Å². The van der Waals surface area contributed by atoms with E-state index < -0.39 is 0 Å². The molecule has 1 spiro atoms. The fourth-order valence-electron chi connectivity index (χ4n) is 2.29. The zero-order valence-corrected chi connectivity index (χ0v) is 7.18. The van der Waals surface area contributed by atoms with Crippen LogP contribution in [0.2, 0.25) is 0 Å². The Kier molecular flexibility index (Phi) is 2.03. The summed E-state index contributed by atoms with van der Waals surface area (Å²) in [5.41, 5.74) is 0.243. The van der Waals surface area contributed by atoms with E-state index >= 15 is 0 Å². The lowest BCUT2D eigenvalue weighted by Crippen LogP contribution is -2.36. The normalized spacial score (nSPS) is 33.4. The second-order valence-electron chi connectivity index (χ2n) is 3.79. The number of nitrogens with zero attached hydrogens (tertiary/aromatic N) is 1. The van der Waals surface area contributed by atoms with Gasteiger partial charge < -0.3 is 10.1 Å². The smallest absolute Gasteiger partial charge is 0.0675 e. The Morgan fingerprint density at radius 1 is 1.42 bits per heavy atom. The van der Waals surface area contributed by atoms with Crippen LogP contribution in [-0.4, -0.2) is 26.3 Å². The molecule has 2 fully saturated rings. The summed E-state index contributed by atoms with van der Waals surface area (Å²) in [4.78, 5) is 0. The predicted octanol–water partition coefficient (Wildman–Crippen LogP) is 0.526. The van der Waals surface area contributed by atoms with Crippen LogP contribution < -0.4 is 5.32 Å². The first kappa shape index (κ1) is 8.03. The first-order chi connectivity index (χ1) is 5.87. The maximum absolute atomic E-state index is 8.95. The molecular weight excluding hydrogens is 152 g/mol. The minimum Gasteiger partial charge on any atom is -0.381 e. The quantitative estimate of drug-likeness (QED) is 0.571. The van der Waals surface area contributed by atoms with Crippen molar-refractivity contribution in [2.75, 3.05) is 26.3 Å². The molecule has 0 aromatic carbocycles. The molecule has 0 amide bonds.